The Balaban J connectivity index is 1.66. The van der Waals surface area contributed by atoms with Crippen LogP contribution in [0.25, 0.3) is 0 Å². The summed E-state index contributed by atoms with van der Waals surface area (Å²) in [6, 6.07) is 10.8. The summed E-state index contributed by atoms with van der Waals surface area (Å²) in [6.07, 6.45) is 7.07. The molecule has 1 unspecified atom stereocenters. The van der Waals surface area contributed by atoms with Crippen LogP contribution in [0.2, 0.25) is 0 Å². The summed E-state index contributed by atoms with van der Waals surface area (Å²) in [7, 11) is 0. The highest BCUT2D eigenvalue weighted by molar-refractivity contribution is 7.98. The van der Waals surface area contributed by atoms with Gasteiger partial charge in [0.05, 0.1) is 0 Å². The average molecular weight is 377 g/mol. The first-order valence-corrected chi connectivity index (χ1v) is 11.5. The van der Waals surface area contributed by atoms with Gasteiger partial charge in [-0.3, -0.25) is 4.99 Å². The first kappa shape index (κ1) is 21.1. The van der Waals surface area contributed by atoms with E-state index in [9.17, 15) is 0 Å². The molecule has 1 heterocycles. The number of hydrogen-bond donors (Lipinski definition) is 2. The quantitative estimate of drug-likeness (QED) is 0.353. The molecule has 1 aromatic carbocycles. The molecule has 26 heavy (non-hydrogen) atoms. The van der Waals surface area contributed by atoms with E-state index in [0.717, 1.165) is 38.6 Å². The third-order valence-corrected chi connectivity index (χ3v) is 5.55. The molecule has 4 nitrogen and oxygen atoms in total. The number of nitrogens with one attached hydrogen (secondary N) is 2. The van der Waals surface area contributed by atoms with Gasteiger partial charge in [-0.2, -0.15) is 11.8 Å². The molecular weight excluding hydrogens is 340 g/mol. The largest absolute Gasteiger partial charge is 0.357 e. The highest BCUT2D eigenvalue weighted by Crippen LogP contribution is 2.17. The topological polar surface area (TPSA) is 39.7 Å². The van der Waals surface area contributed by atoms with Crippen LogP contribution in [0.3, 0.4) is 0 Å². The molecular formula is C21H36N4S. The van der Waals surface area contributed by atoms with Gasteiger partial charge in [0.1, 0.15) is 0 Å². The van der Waals surface area contributed by atoms with E-state index in [-0.39, 0.29) is 0 Å². The van der Waals surface area contributed by atoms with Gasteiger partial charge in [-0.15, -0.1) is 0 Å². The second-order valence-corrected chi connectivity index (χ2v) is 8.02. The molecule has 0 bridgehead atoms. The number of aliphatic imine (C=N–C) groups is 1. The zero-order valence-corrected chi connectivity index (χ0v) is 17.4. The van der Waals surface area contributed by atoms with Gasteiger partial charge < -0.3 is 15.5 Å². The number of unbranched alkanes of at least 4 members (excludes halogenated alkanes) is 1. The minimum Gasteiger partial charge on any atom is -0.357 e. The van der Waals surface area contributed by atoms with Crippen molar-refractivity contribution in [3.05, 3.63) is 35.9 Å². The molecule has 1 atom stereocenters. The predicted molar refractivity (Wildman–Crippen MR) is 116 cm³/mol. The van der Waals surface area contributed by atoms with Crippen LogP contribution in [-0.4, -0.2) is 62.1 Å². The number of nitrogens with zero attached hydrogens (tertiary/aromatic N) is 2. The van der Waals surface area contributed by atoms with Crippen LogP contribution in [-0.2, 0) is 6.42 Å². The van der Waals surface area contributed by atoms with Crippen molar-refractivity contribution in [3.63, 3.8) is 0 Å². The van der Waals surface area contributed by atoms with E-state index in [0.29, 0.717) is 5.92 Å². The zero-order chi connectivity index (χ0) is 18.5. The van der Waals surface area contributed by atoms with Crippen LogP contribution < -0.4 is 10.6 Å². The number of hydrogen-bond acceptors (Lipinski definition) is 3. The monoisotopic (exact) mass is 376 g/mol. The first-order chi connectivity index (χ1) is 12.8. The third kappa shape index (κ3) is 8.45. The molecule has 1 aliphatic heterocycles. The van der Waals surface area contributed by atoms with E-state index in [1.54, 1.807) is 0 Å². The zero-order valence-electron chi connectivity index (χ0n) is 16.5. The molecule has 5 heteroatoms. The van der Waals surface area contributed by atoms with Crippen LogP contribution in [0.1, 0.15) is 31.7 Å². The molecule has 0 aliphatic carbocycles. The van der Waals surface area contributed by atoms with Crippen LogP contribution in [0.15, 0.2) is 35.3 Å². The summed E-state index contributed by atoms with van der Waals surface area (Å²) < 4.78 is 0. The molecule has 1 aromatic rings. The maximum atomic E-state index is 4.83. The van der Waals surface area contributed by atoms with Crippen LogP contribution in [0.4, 0.5) is 0 Å². The number of benzene rings is 1. The fraction of sp³-hybridized carbons (Fsp3) is 0.667. The van der Waals surface area contributed by atoms with E-state index < -0.39 is 0 Å². The normalized spacial score (nSPS) is 18.2. The lowest BCUT2D eigenvalue weighted by Crippen LogP contribution is -2.38. The third-order valence-electron chi connectivity index (χ3n) is 4.85. The molecule has 1 fully saturated rings. The Labute approximate surface area is 164 Å². The molecule has 1 saturated heterocycles. The summed E-state index contributed by atoms with van der Waals surface area (Å²) in [4.78, 5) is 7.42. The van der Waals surface area contributed by atoms with Crippen molar-refractivity contribution in [1.82, 2.24) is 15.5 Å². The molecule has 0 amide bonds. The lowest BCUT2D eigenvalue weighted by molar-refractivity contribution is 0.329. The standard InChI is InChI=1S/C21H36N4S/c1-3-22-21(23-13-7-8-16-26-2)24-17-20-12-15-25(18-20)14-11-19-9-5-4-6-10-19/h4-6,9-10,20H,3,7-8,11-18H2,1-2H3,(H2,22,23,24). The van der Waals surface area contributed by atoms with Gasteiger partial charge in [-0.1, -0.05) is 30.3 Å². The summed E-state index contributed by atoms with van der Waals surface area (Å²) >= 11 is 1.92. The predicted octanol–water partition coefficient (Wildman–Crippen LogP) is 3.25. The minimum absolute atomic E-state index is 0.692. The van der Waals surface area contributed by atoms with Crippen molar-refractivity contribution in [2.24, 2.45) is 10.9 Å². The van der Waals surface area contributed by atoms with Crippen LogP contribution in [0.5, 0.6) is 0 Å². The molecule has 1 aliphatic rings. The molecule has 146 valence electrons. The maximum Gasteiger partial charge on any atom is 0.191 e. The smallest absolute Gasteiger partial charge is 0.191 e. The van der Waals surface area contributed by atoms with Crippen molar-refractivity contribution >= 4 is 17.7 Å². The van der Waals surface area contributed by atoms with Gasteiger partial charge >= 0.3 is 0 Å². The Bertz CT molecular complexity index is 506. The highest BCUT2D eigenvalue weighted by atomic mass is 32.2. The van der Waals surface area contributed by atoms with E-state index in [1.165, 1.54) is 43.7 Å². The Hall–Kier alpha value is -1.20. The van der Waals surface area contributed by atoms with Gasteiger partial charge in [0.25, 0.3) is 0 Å². The fourth-order valence-electron chi connectivity index (χ4n) is 3.34. The second-order valence-electron chi connectivity index (χ2n) is 7.04. The molecule has 2 rings (SSSR count). The lowest BCUT2D eigenvalue weighted by atomic mass is 10.1. The number of thioether (sulfide) groups is 1. The summed E-state index contributed by atoms with van der Waals surface area (Å²) in [5.74, 6) is 2.92. The van der Waals surface area contributed by atoms with E-state index >= 15 is 0 Å². The van der Waals surface area contributed by atoms with Crippen molar-refractivity contribution in [2.45, 2.75) is 32.6 Å². The maximum absolute atomic E-state index is 4.83. The average Bonchev–Trinajstić information content (AvgIpc) is 3.13. The van der Waals surface area contributed by atoms with E-state index in [1.807, 2.05) is 11.8 Å². The Morgan fingerprint density at radius 2 is 2.08 bits per heavy atom. The van der Waals surface area contributed by atoms with Crippen molar-refractivity contribution < 1.29 is 0 Å². The SMILES string of the molecule is CCNC(=NCC1CCN(CCc2ccccc2)C1)NCCCCSC. The Morgan fingerprint density at radius 3 is 2.85 bits per heavy atom. The molecule has 0 saturated carbocycles. The van der Waals surface area contributed by atoms with Gasteiger partial charge in [-0.05, 0) is 62.6 Å². The van der Waals surface area contributed by atoms with Crippen molar-refractivity contribution in [3.8, 4) is 0 Å². The fourth-order valence-corrected chi connectivity index (χ4v) is 3.83. The van der Waals surface area contributed by atoms with Crippen molar-refractivity contribution in [1.29, 1.82) is 0 Å². The van der Waals surface area contributed by atoms with Gasteiger partial charge in [0.2, 0.25) is 0 Å². The van der Waals surface area contributed by atoms with Crippen LogP contribution in [0, 0.1) is 5.92 Å². The van der Waals surface area contributed by atoms with E-state index in [2.05, 4.69) is 59.0 Å². The molecule has 0 spiro atoms. The number of rotatable bonds is 11. The van der Waals surface area contributed by atoms with Gasteiger partial charge in [0.15, 0.2) is 5.96 Å². The van der Waals surface area contributed by atoms with Crippen LogP contribution >= 0.6 is 11.8 Å². The second kappa shape index (κ2) is 13.0. The number of likely N-dealkylation sites (tertiary alicyclic amines) is 1. The van der Waals surface area contributed by atoms with Gasteiger partial charge in [-0.25, -0.2) is 0 Å². The van der Waals surface area contributed by atoms with Crippen molar-refractivity contribution in [2.75, 3.05) is 51.3 Å². The highest BCUT2D eigenvalue weighted by Gasteiger charge is 2.21. The first-order valence-electron chi connectivity index (χ1n) is 10.1. The Morgan fingerprint density at radius 1 is 1.23 bits per heavy atom. The molecule has 2 N–H and O–H groups in total. The summed E-state index contributed by atoms with van der Waals surface area (Å²) in [5.41, 5.74) is 1.44. The summed E-state index contributed by atoms with van der Waals surface area (Å²) in [5, 5.41) is 6.85. The molecule has 0 radical (unpaired) electrons. The Kier molecular flexibility index (Phi) is 10.6. The summed E-state index contributed by atoms with van der Waals surface area (Å²) in [6.45, 7) is 8.56. The lowest BCUT2D eigenvalue weighted by Gasteiger charge is -2.16. The van der Waals surface area contributed by atoms with E-state index in [4.69, 9.17) is 4.99 Å². The minimum atomic E-state index is 0.692. The van der Waals surface area contributed by atoms with Gasteiger partial charge in [0, 0.05) is 32.7 Å². The molecule has 0 aromatic heterocycles. The number of guanidine groups is 1.